The summed E-state index contributed by atoms with van der Waals surface area (Å²) in [5.74, 6) is 0.903. The Balaban J connectivity index is 2.53. The highest BCUT2D eigenvalue weighted by atomic mass is 35.5. The van der Waals surface area contributed by atoms with Crippen LogP contribution in [0.1, 0.15) is 0 Å². The van der Waals surface area contributed by atoms with Gasteiger partial charge in [0.2, 0.25) is 5.95 Å². The first kappa shape index (κ1) is 10.7. The molecule has 2 rings (SSSR count). The molecule has 0 aliphatic heterocycles. The molecule has 0 saturated carbocycles. The normalized spacial score (nSPS) is 10.1. The summed E-state index contributed by atoms with van der Waals surface area (Å²) in [6.07, 6.45) is 1.66. The Kier molecular flexibility index (Phi) is 2.92. The number of aromatic nitrogens is 2. The van der Waals surface area contributed by atoms with Crippen molar-refractivity contribution in [2.24, 2.45) is 0 Å². The Morgan fingerprint density at radius 2 is 2.00 bits per heavy atom. The third-order valence-corrected chi connectivity index (χ3v) is 2.54. The SMILES string of the molecule is CNc1ncc(-c2ccccc2Cl)c(N)n1. The van der Waals surface area contributed by atoms with Crippen LogP contribution in [0, 0.1) is 0 Å². The van der Waals surface area contributed by atoms with E-state index < -0.39 is 0 Å². The molecule has 0 spiro atoms. The van der Waals surface area contributed by atoms with Gasteiger partial charge in [0.05, 0.1) is 0 Å². The molecule has 1 aromatic carbocycles. The third-order valence-electron chi connectivity index (χ3n) is 2.21. The summed E-state index contributed by atoms with van der Waals surface area (Å²) in [6, 6.07) is 7.45. The van der Waals surface area contributed by atoms with E-state index in [1.807, 2.05) is 24.3 Å². The Labute approximate surface area is 98.5 Å². The summed E-state index contributed by atoms with van der Waals surface area (Å²) in [5, 5.41) is 3.46. The monoisotopic (exact) mass is 234 g/mol. The van der Waals surface area contributed by atoms with Gasteiger partial charge in [0.25, 0.3) is 0 Å². The maximum atomic E-state index is 6.08. The first-order valence-corrected chi connectivity index (χ1v) is 5.15. The molecule has 0 atom stereocenters. The van der Waals surface area contributed by atoms with Crippen LogP contribution in [0.25, 0.3) is 11.1 Å². The van der Waals surface area contributed by atoms with Crippen molar-refractivity contribution in [1.82, 2.24) is 9.97 Å². The molecule has 82 valence electrons. The lowest BCUT2D eigenvalue weighted by Gasteiger charge is -2.07. The minimum absolute atomic E-state index is 0.410. The average Bonchev–Trinajstić information content (AvgIpc) is 2.30. The van der Waals surface area contributed by atoms with Crippen molar-refractivity contribution in [2.45, 2.75) is 0 Å². The van der Waals surface area contributed by atoms with Crippen molar-refractivity contribution in [2.75, 3.05) is 18.1 Å². The zero-order chi connectivity index (χ0) is 11.5. The second-order valence-electron chi connectivity index (χ2n) is 3.22. The molecule has 4 nitrogen and oxygen atoms in total. The number of anilines is 2. The van der Waals surface area contributed by atoms with Crippen LogP contribution in [0.2, 0.25) is 5.02 Å². The van der Waals surface area contributed by atoms with Crippen molar-refractivity contribution >= 4 is 23.4 Å². The molecule has 0 amide bonds. The molecule has 0 saturated heterocycles. The lowest BCUT2D eigenvalue weighted by atomic mass is 10.1. The van der Waals surface area contributed by atoms with Gasteiger partial charge in [-0.15, -0.1) is 0 Å². The minimum atomic E-state index is 0.410. The molecular weight excluding hydrogens is 224 g/mol. The summed E-state index contributed by atoms with van der Waals surface area (Å²) in [5.41, 5.74) is 7.43. The largest absolute Gasteiger partial charge is 0.383 e. The number of benzene rings is 1. The quantitative estimate of drug-likeness (QED) is 0.838. The van der Waals surface area contributed by atoms with Gasteiger partial charge in [-0.2, -0.15) is 4.98 Å². The van der Waals surface area contributed by atoms with Crippen molar-refractivity contribution in [1.29, 1.82) is 0 Å². The van der Waals surface area contributed by atoms with Crippen LogP contribution in [0.3, 0.4) is 0 Å². The molecule has 5 heteroatoms. The Morgan fingerprint density at radius 3 is 2.62 bits per heavy atom. The average molecular weight is 235 g/mol. The number of nitrogens with one attached hydrogen (secondary N) is 1. The van der Waals surface area contributed by atoms with Gasteiger partial charge in [0.15, 0.2) is 0 Å². The standard InChI is InChI=1S/C11H11ClN4/c1-14-11-15-6-8(10(13)16-11)7-4-2-3-5-9(7)12/h2-6H,1H3,(H3,13,14,15,16). The topological polar surface area (TPSA) is 63.8 Å². The van der Waals surface area contributed by atoms with Crippen molar-refractivity contribution in [3.63, 3.8) is 0 Å². The number of hydrogen-bond donors (Lipinski definition) is 2. The molecule has 2 aromatic rings. The van der Waals surface area contributed by atoms with Gasteiger partial charge in [-0.3, -0.25) is 0 Å². The molecule has 0 bridgehead atoms. The van der Waals surface area contributed by atoms with Gasteiger partial charge < -0.3 is 11.1 Å². The van der Waals surface area contributed by atoms with Gasteiger partial charge in [-0.05, 0) is 6.07 Å². The molecule has 0 fully saturated rings. The highest BCUT2D eigenvalue weighted by Crippen LogP contribution is 2.30. The number of hydrogen-bond acceptors (Lipinski definition) is 4. The highest BCUT2D eigenvalue weighted by molar-refractivity contribution is 6.33. The number of halogens is 1. The minimum Gasteiger partial charge on any atom is -0.383 e. The fraction of sp³-hybridized carbons (Fsp3) is 0.0909. The van der Waals surface area contributed by atoms with Gasteiger partial charge >= 0.3 is 0 Å². The van der Waals surface area contributed by atoms with Gasteiger partial charge in [-0.1, -0.05) is 29.8 Å². The summed E-state index contributed by atoms with van der Waals surface area (Å²) in [6.45, 7) is 0. The van der Waals surface area contributed by atoms with E-state index in [0.29, 0.717) is 16.8 Å². The smallest absolute Gasteiger partial charge is 0.224 e. The van der Waals surface area contributed by atoms with Crippen molar-refractivity contribution in [3.05, 3.63) is 35.5 Å². The van der Waals surface area contributed by atoms with Crippen molar-refractivity contribution in [3.8, 4) is 11.1 Å². The van der Waals surface area contributed by atoms with E-state index >= 15 is 0 Å². The summed E-state index contributed by atoms with van der Waals surface area (Å²) < 4.78 is 0. The maximum Gasteiger partial charge on any atom is 0.224 e. The molecule has 0 aliphatic carbocycles. The van der Waals surface area contributed by atoms with E-state index in [9.17, 15) is 0 Å². The predicted octanol–water partition coefficient (Wildman–Crippen LogP) is 2.42. The van der Waals surface area contributed by atoms with Gasteiger partial charge in [0.1, 0.15) is 5.82 Å². The third kappa shape index (κ3) is 1.92. The predicted molar refractivity (Wildman–Crippen MR) is 66.4 cm³/mol. The van der Waals surface area contributed by atoms with E-state index in [0.717, 1.165) is 11.1 Å². The van der Waals surface area contributed by atoms with E-state index in [1.54, 1.807) is 13.2 Å². The zero-order valence-electron chi connectivity index (χ0n) is 8.74. The van der Waals surface area contributed by atoms with Gasteiger partial charge in [0, 0.05) is 29.4 Å². The summed E-state index contributed by atoms with van der Waals surface area (Å²) >= 11 is 6.08. The fourth-order valence-corrected chi connectivity index (χ4v) is 1.64. The Morgan fingerprint density at radius 1 is 1.25 bits per heavy atom. The van der Waals surface area contributed by atoms with Crippen molar-refractivity contribution < 1.29 is 0 Å². The van der Waals surface area contributed by atoms with Crippen LogP contribution in [-0.2, 0) is 0 Å². The van der Waals surface area contributed by atoms with E-state index in [4.69, 9.17) is 17.3 Å². The van der Waals surface area contributed by atoms with Crippen LogP contribution in [-0.4, -0.2) is 17.0 Å². The highest BCUT2D eigenvalue weighted by Gasteiger charge is 2.08. The van der Waals surface area contributed by atoms with E-state index in [-0.39, 0.29) is 0 Å². The van der Waals surface area contributed by atoms with Crippen LogP contribution in [0.15, 0.2) is 30.5 Å². The Bertz CT molecular complexity index is 513. The lowest BCUT2D eigenvalue weighted by Crippen LogP contribution is -2.01. The van der Waals surface area contributed by atoms with Gasteiger partial charge in [-0.25, -0.2) is 4.98 Å². The summed E-state index contributed by atoms with van der Waals surface area (Å²) in [4.78, 5) is 8.22. The fourth-order valence-electron chi connectivity index (χ4n) is 1.40. The molecule has 0 aliphatic rings. The number of nitrogens with two attached hydrogens (primary N) is 1. The molecule has 0 unspecified atom stereocenters. The molecule has 0 radical (unpaired) electrons. The maximum absolute atomic E-state index is 6.08. The number of nitrogen functional groups attached to an aromatic ring is 1. The molecule has 16 heavy (non-hydrogen) atoms. The van der Waals surface area contributed by atoms with E-state index in [2.05, 4.69) is 15.3 Å². The molecular formula is C11H11ClN4. The summed E-state index contributed by atoms with van der Waals surface area (Å²) in [7, 11) is 1.74. The van der Waals surface area contributed by atoms with Crippen LogP contribution in [0.5, 0.6) is 0 Å². The number of nitrogens with zero attached hydrogens (tertiary/aromatic N) is 2. The second-order valence-corrected chi connectivity index (χ2v) is 3.63. The van der Waals surface area contributed by atoms with Crippen LogP contribution in [0.4, 0.5) is 11.8 Å². The Hall–Kier alpha value is -1.81. The zero-order valence-corrected chi connectivity index (χ0v) is 9.49. The van der Waals surface area contributed by atoms with E-state index in [1.165, 1.54) is 0 Å². The molecule has 3 N–H and O–H groups in total. The first-order chi connectivity index (χ1) is 7.72. The molecule has 1 aromatic heterocycles. The second kappa shape index (κ2) is 4.37. The molecule has 1 heterocycles. The van der Waals surface area contributed by atoms with Crippen LogP contribution >= 0.6 is 11.6 Å². The first-order valence-electron chi connectivity index (χ1n) is 4.77. The van der Waals surface area contributed by atoms with Crippen LogP contribution < -0.4 is 11.1 Å². The number of rotatable bonds is 2. The lowest BCUT2D eigenvalue weighted by molar-refractivity contribution is 1.16.